The van der Waals surface area contributed by atoms with Gasteiger partial charge in [0.15, 0.2) is 0 Å². The summed E-state index contributed by atoms with van der Waals surface area (Å²) in [4.78, 5) is 8.29. The van der Waals surface area contributed by atoms with Gasteiger partial charge in [-0.25, -0.2) is 4.98 Å². The molecule has 1 aromatic rings. The number of ether oxygens (including phenoxy) is 1. The molecule has 0 aliphatic heterocycles. The number of hydrogen-bond acceptors (Lipinski definition) is 5. The van der Waals surface area contributed by atoms with Crippen LogP contribution in [0.1, 0.15) is 19.8 Å². The van der Waals surface area contributed by atoms with Crippen LogP contribution >= 0.6 is 0 Å². The predicted molar refractivity (Wildman–Crippen MR) is 60.0 cm³/mol. The third-order valence-corrected chi connectivity index (χ3v) is 2.18. The van der Waals surface area contributed by atoms with Gasteiger partial charge in [-0.1, -0.05) is 6.92 Å². The lowest BCUT2D eigenvalue weighted by Gasteiger charge is -2.15. The minimum Gasteiger partial charge on any atom is -0.481 e. The fourth-order valence-corrected chi connectivity index (χ4v) is 1.29. The maximum Gasteiger partial charge on any atom is 0.226 e. The molecule has 0 saturated heterocycles. The predicted octanol–water partition coefficient (Wildman–Crippen LogP) is 1.02. The molecule has 1 rings (SSSR count). The Balaban J connectivity index is 2.61. The van der Waals surface area contributed by atoms with Crippen molar-refractivity contribution in [2.45, 2.75) is 25.8 Å². The molecule has 0 bridgehead atoms. The molecule has 0 radical (unpaired) electrons. The van der Waals surface area contributed by atoms with Gasteiger partial charge in [-0.05, 0) is 19.4 Å². The minimum absolute atomic E-state index is 0.321. The van der Waals surface area contributed by atoms with Crippen LogP contribution in [0, 0.1) is 0 Å². The number of hydrogen-bond donors (Lipinski definition) is 2. The third kappa shape index (κ3) is 3.71. The molecule has 15 heavy (non-hydrogen) atoms. The van der Waals surface area contributed by atoms with Crippen molar-refractivity contribution >= 4 is 5.95 Å². The van der Waals surface area contributed by atoms with E-state index in [0.717, 1.165) is 12.8 Å². The first-order valence-electron chi connectivity index (χ1n) is 5.13. The molecule has 0 amide bonds. The Hall–Kier alpha value is -1.36. The first kappa shape index (κ1) is 11.7. The maximum atomic E-state index is 5.51. The topological polar surface area (TPSA) is 73.1 Å². The Bertz CT molecular complexity index is 293. The molecule has 5 nitrogen and oxygen atoms in total. The van der Waals surface area contributed by atoms with Gasteiger partial charge in [0.05, 0.1) is 7.11 Å². The second kappa shape index (κ2) is 6.19. The SMILES string of the molecule is CCC(CCN)Nc1nccc(OC)n1. The van der Waals surface area contributed by atoms with Gasteiger partial charge in [-0.3, -0.25) is 0 Å². The summed E-state index contributed by atoms with van der Waals surface area (Å²) in [6.07, 6.45) is 3.58. The summed E-state index contributed by atoms with van der Waals surface area (Å²) in [5, 5.41) is 3.22. The number of nitrogens with two attached hydrogens (primary N) is 1. The number of anilines is 1. The van der Waals surface area contributed by atoms with Crippen LogP contribution in [0.25, 0.3) is 0 Å². The van der Waals surface area contributed by atoms with E-state index in [9.17, 15) is 0 Å². The molecule has 0 spiro atoms. The molecule has 0 aliphatic carbocycles. The highest BCUT2D eigenvalue weighted by atomic mass is 16.5. The molecule has 0 aliphatic rings. The first-order valence-corrected chi connectivity index (χ1v) is 5.13. The van der Waals surface area contributed by atoms with E-state index in [2.05, 4.69) is 22.2 Å². The fourth-order valence-electron chi connectivity index (χ4n) is 1.29. The number of rotatable bonds is 6. The van der Waals surface area contributed by atoms with Gasteiger partial charge in [0, 0.05) is 18.3 Å². The highest BCUT2D eigenvalue weighted by molar-refractivity contribution is 5.28. The van der Waals surface area contributed by atoms with Crippen molar-refractivity contribution in [1.82, 2.24) is 9.97 Å². The molecule has 84 valence electrons. The lowest BCUT2D eigenvalue weighted by atomic mass is 10.1. The van der Waals surface area contributed by atoms with E-state index < -0.39 is 0 Å². The summed E-state index contributed by atoms with van der Waals surface area (Å²) in [6, 6.07) is 2.04. The van der Waals surface area contributed by atoms with E-state index in [0.29, 0.717) is 24.4 Å². The van der Waals surface area contributed by atoms with Crippen molar-refractivity contribution in [3.05, 3.63) is 12.3 Å². The Morgan fingerprint density at radius 3 is 3.00 bits per heavy atom. The standard InChI is InChI=1S/C10H18N4O/c1-3-8(4-6-11)13-10-12-7-5-9(14-10)15-2/h5,7-8H,3-4,6,11H2,1-2H3,(H,12,13,14). The van der Waals surface area contributed by atoms with E-state index in [1.807, 2.05) is 0 Å². The highest BCUT2D eigenvalue weighted by Crippen LogP contribution is 2.10. The fraction of sp³-hybridized carbons (Fsp3) is 0.600. The van der Waals surface area contributed by atoms with Crippen LogP contribution in [0.5, 0.6) is 5.88 Å². The Kier molecular flexibility index (Phi) is 4.83. The molecule has 1 aromatic heterocycles. The van der Waals surface area contributed by atoms with Gasteiger partial charge in [-0.2, -0.15) is 4.98 Å². The lowest BCUT2D eigenvalue weighted by Crippen LogP contribution is -2.23. The number of nitrogens with zero attached hydrogens (tertiary/aromatic N) is 2. The molecule has 1 atom stereocenters. The molecule has 0 fully saturated rings. The van der Waals surface area contributed by atoms with Crippen molar-refractivity contribution in [1.29, 1.82) is 0 Å². The molecule has 3 N–H and O–H groups in total. The van der Waals surface area contributed by atoms with Crippen LogP contribution in [0.15, 0.2) is 12.3 Å². The van der Waals surface area contributed by atoms with Crippen LogP contribution in [0.4, 0.5) is 5.95 Å². The van der Waals surface area contributed by atoms with Crippen LogP contribution in [-0.2, 0) is 0 Å². The van der Waals surface area contributed by atoms with E-state index in [4.69, 9.17) is 10.5 Å². The van der Waals surface area contributed by atoms with Crippen LogP contribution in [-0.4, -0.2) is 29.7 Å². The second-order valence-corrected chi connectivity index (χ2v) is 3.25. The minimum atomic E-state index is 0.321. The van der Waals surface area contributed by atoms with E-state index >= 15 is 0 Å². The number of nitrogens with one attached hydrogen (secondary N) is 1. The first-order chi connectivity index (χ1) is 7.30. The van der Waals surface area contributed by atoms with Crippen molar-refractivity contribution in [3.63, 3.8) is 0 Å². The lowest BCUT2D eigenvalue weighted by molar-refractivity contribution is 0.397. The number of aromatic nitrogens is 2. The van der Waals surface area contributed by atoms with Crippen molar-refractivity contribution in [3.8, 4) is 5.88 Å². The van der Waals surface area contributed by atoms with Crippen LogP contribution in [0.2, 0.25) is 0 Å². The van der Waals surface area contributed by atoms with Gasteiger partial charge >= 0.3 is 0 Å². The van der Waals surface area contributed by atoms with Crippen molar-refractivity contribution in [2.24, 2.45) is 5.73 Å². The normalized spacial score (nSPS) is 12.2. The quantitative estimate of drug-likeness (QED) is 0.733. The zero-order valence-electron chi connectivity index (χ0n) is 9.23. The zero-order chi connectivity index (χ0) is 11.1. The largest absolute Gasteiger partial charge is 0.481 e. The van der Waals surface area contributed by atoms with E-state index in [1.165, 1.54) is 0 Å². The molecule has 5 heteroatoms. The van der Waals surface area contributed by atoms with Gasteiger partial charge in [0.2, 0.25) is 11.8 Å². The smallest absolute Gasteiger partial charge is 0.226 e. The van der Waals surface area contributed by atoms with Gasteiger partial charge < -0.3 is 15.8 Å². The van der Waals surface area contributed by atoms with Crippen molar-refractivity contribution in [2.75, 3.05) is 19.0 Å². The molecular formula is C10H18N4O. The summed E-state index contributed by atoms with van der Waals surface area (Å²) < 4.78 is 5.01. The molecule has 0 aromatic carbocycles. The second-order valence-electron chi connectivity index (χ2n) is 3.25. The average Bonchev–Trinajstić information content (AvgIpc) is 2.29. The molecular weight excluding hydrogens is 192 g/mol. The highest BCUT2D eigenvalue weighted by Gasteiger charge is 2.06. The summed E-state index contributed by atoms with van der Waals surface area (Å²) >= 11 is 0. The summed E-state index contributed by atoms with van der Waals surface area (Å²) in [7, 11) is 1.59. The van der Waals surface area contributed by atoms with E-state index in [-0.39, 0.29) is 0 Å². The van der Waals surface area contributed by atoms with Crippen molar-refractivity contribution < 1.29 is 4.74 Å². The van der Waals surface area contributed by atoms with Crippen LogP contribution < -0.4 is 15.8 Å². The third-order valence-electron chi connectivity index (χ3n) is 2.18. The Morgan fingerprint density at radius 2 is 2.40 bits per heavy atom. The maximum absolute atomic E-state index is 5.51. The molecule has 1 heterocycles. The average molecular weight is 210 g/mol. The molecule has 1 unspecified atom stereocenters. The number of methoxy groups -OCH3 is 1. The van der Waals surface area contributed by atoms with E-state index in [1.54, 1.807) is 19.4 Å². The Labute approximate surface area is 90.1 Å². The molecule has 0 saturated carbocycles. The monoisotopic (exact) mass is 210 g/mol. The van der Waals surface area contributed by atoms with Gasteiger partial charge in [0.1, 0.15) is 0 Å². The van der Waals surface area contributed by atoms with Crippen LogP contribution in [0.3, 0.4) is 0 Å². The van der Waals surface area contributed by atoms with Gasteiger partial charge in [0.25, 0.3) is 0 Å². The zero-order valence-corrected chi connectivity index (χ0v) is 9.23. The van der Waals surface area contributed by atoms with Gasteiger partial charge in [-0.15, -0.1) is 0 Å². The Morgan fingerprint density at radius 1 is 1.60 bits per heavy atom. The summed E-state index contributed by atoms with van der Waals surface area (Å²) in [5.74, 6) is 1.16. The summed E-state index contributed by atoms with van der Waals surface area (Å²) in [5.41, 5.74) is 5.51. The summed E-state index contributed by atoms with van der Waals surface area (Å²) in [6.45, 7) is 2.77.